The van der Waals surface area contributed by atoms with Crippen LogP contribution in [-0.4, -0.2) is 10.1 Å². The lowest BCUT2D eigenvalue weighted by molar-refractivity contribution is -0.137. The van der Waals surface area contributed by atoms with Crippen LogP contribution in [0.15, 0.2) is 28.8 Å². The summed E-state index contributed by atoms with van der Waals surface area (Å²) in [5.74, 6) is 0.678. The highest BCUT2D eigenvalue weighted by Crippen LogP contribution is 2.29. The van der Waals surface area contributed by atoms with Crippen molar-refractivity contribution in [1.29, 1.82) is 0 Å². The summed E-state index contributed by atoms with van der Waals surface area (Å²) in [5, 5.41) is 3.75. The Morgan fingerprint density at radius 2 is 1.75 bits per heavy atom. The van der Waals surface area contributed by atoms with Crippen LogP contribution < -0.4 is 5.73 Å². The van der Waals surface area contributed by atoms with E-state index < -0.39 is 17.3 Å². The maximum Gasteiger partial charge on any atom is 0.416 e. The van der Waals surface area contributed by atoms with Gasteiger partial charge >= 0.3 is 6.18 Å². The molecule has 0 aliphatic heterocycles. The van der Waals surface area contributed by atoms with Crippen molar-refractivity contribution in [2.45, 2.75) is 32.0 Å². The number of rotatable bonds is 3. The summed E-state index contributed by atoms with van der Waals surface area (Å²) in [4.78, 5) is 4.12. The van der Waals surface area contributed by atoms with Crippen LogP contribution in [0.1, 0.15) is 36.7 Å². The van der Waals surface area contributed by atoms with E-state index >= 15 is 0 Å². The fraction of sp³-hybridized carbons (Fsp3) is 0.385. The molecule has 0 saturated heterocycles. The first-order valence-electron chi connectivity index (χ1n) is 5.94. The second-order valence-electron chi connectivity index (χ2n) is 5.10. The van der Waals surface area contributed by atoms with Gasteiger partial charge in [0.05, 0.1) is 17.5 Å². The van der Waals surface area contributed by atoms with Crippen molar-refractivity contribution < 1.29 is 17.7 Å². The number of hydrogen-bond acceptors (Lipinski definition) is 4. The summed E-state index contributed by atoms with van der Waals surface area (Å²) in [6.45, 7) is 3.47. The molecule has 0 amide bonds. The Morgan fingerprint density at radius 1 is 1.15 bits per heavy atom. The SMILES string of the molecule is CC(C)(N)c1noc(Cc2ccc(C(F)(F)F)cc2)n1. The number of halogens is 3. The van der Waals surface area contributed by atoms with Gasteiger partial charge in [-0.05, 0) is 31.5 Å². The van der Waals surface area contributed by atoms with Crippen LogP contribution >= 0.6 is 0 Å². The normalized spacial score (nSPS) is 12.7. The molecule has 1 aromatic heterocycles. The highest BCUT2D eigenvalue weighted by molar-refractivity contribution is 5.26. The molecule has 0 unspecified atom stereocenters. The van der Waals surface area contributed by atoms with E-state index in [0.717, 1.165) is 12.1 Å². The van der Waals surface area contributed by atoms with Gasteiger partial charge in [0.15, 0.2) is 5.82 Å². The van der Waals surface area contributed by atoms with Crippen LogP contribution in [0, 0.1) is 0 Å². The number of nitrogens with two attached hydrogens (primary N) is 1. The van der Waals surface area contributed by atoms with Crippen LogP contribution in [-0.2, 0) is 18.1 Å². The minimum Gasteiger partial charge on any atom is -0.339 e. The molecule has 0 aliphatic carbocycles. The van der Waals surface area contributed by atoms with E-state index in [4.69, 9.17) is 10.3 Å². The molecule has 108 valence electrons. The Hall–Kier alpha value is -1.89. The molecule has 0 atom stereocenters. The van der Waals surface area contributed by atoms with Gasteiger partial charge in [0.1, 0.15) is 0 Å². The van der Waals surface area contributed by atoms with Crippen molar-refractivity contribution in [3.63, 3.8) is 0 Å². The summed E-state index contributed by atoms with van der Waals surface area (Å²) in [5.41, 5.74) is 5.07. The first-order chi connectivity index (χ1) is 9.16. The van der Waals surface area contributed by atoms with Crippen molar-refractivity contribution in [3.8, 4) is 0 Å². The molecule has 0 radical (unpaired) electrons. The molecule has 0 saturated carbocycles. The number of aromatic nitrogens is 2. The van der Waals surface area contributed by atoms with E-state index in [1.807, 2.05) is 0 Å². The van der Waals surface area contributed by atoms with E-state index in [1.165, 1.54) is 12.1 Å². The quantitative estimate of drug-likeness (QED) is 0.941. The third-order valence-electron chi connectivity index (χ3n) is 2.68. The van der Waals surface area contributed by atoms with Gasteiger partial charge in [-0.3, -0.25) is 0 Å². The van der Waals surface area contributed by atoms with Crippen molar-refractivity contribution in [2.24, 2.45) is 5.73 Å². The first-order valence-corrected chi connectivity index (χ1v) is 5.94. The number of hydrogen-bond donors (Lipinski definition) is 1. The van der Waals surface area contributed by atoms with E-state index in [-0.39, 0.29) is 6.42 Å². The number of benzene rings is 1. The highest BCUT2D eigenvalue weighted by Gasteiger charge is 2.30. The molecule has 1 aromatic carbocycles. The second kappa shape index (κ2) is 4.90. The molecule has 2 N–H and O–H groups in total. The average Bonchev–Trinajstić information content (AvgIpc) is 2.77. The second-order valence-corrected chi connectivity index (χ2v) is 5.10. The summed E-state index contributed by atoms with van der Waals surface area (Å²) in [6, 6.07) is 4.83. The molecular weight excluding hydrogens is 271 g/mol. The Labute approximate surface area is 113 Å². The topological polar surface area (TPSA) is 64.9 Å². The van der Waals surface area contributed by atoms with Crippen LogP contribution in [0.4, 0.5) is 13.2 Å². The van der Waals surface area contributed by atoms with Crippen molar-refractivity contribution in [2.75, 3.05) is 0 Å². The lowest BCUT2D eigenvalue weighted by atomic mass is 10.1. The molecule has 0 fully saturated rings. The predicted molar refractivity (Wildman–Crippen MR) is 65.8 cm³/mol. The molecule has 0 bridgehead atoms. The lowest BCUT2D eigenvalue weighted by Crippen LogP contribution is -2.30. The van der Waals surface area contributed by atoms with E-state index in [2.05, 4.69) is 10.1 Å². The summed E-state index contributed by atoms with van der Waals surface area (Å²) < 4.78 is 42.3. The fourth-order valence-corrected chi connectivity index (χ4v) is 1.57. The Morgan fingerprint density at radius 3 is 2.20 bits per heavy atom. The Balaban J connectivity index is 2.13. The van der Waals surface area contributed by atoms with Crippen LogP contribution in [0.5, 0.6) is 0 Å². The average molecular weight is 285 g/mol. The van der Waals surface area contributed by atoms with Crippen LogP contribution in [0.2, 0.25) is 0 Å². The highest BCUT2D eigenvalue weighted by atomic mass is 19.4. The third-order valence-corrected chi connectivity index (χ3v) is 2.68. The minimum absolute atomic E-state index is 0.265. The summed E-state index contributed by atoms with van der Waals surface area (Å²) in [7, 11) is 0. The fourth-order valence-electron chi connectivity index (χ4n) is 1.57. The maximum atomic E-state index is 12.4. The molecule has 7 heteroatoms. The molecule has 1 heterocycles. The van der Waals surface area contributed by atoms with Gasteiger partial charge in [0, 0.05) is 0 Å². The third kappa shape index (κ3) is 3.36. The molecular formula is C13H14F3N3O. The van der Waals surface area contributed by atoms with Gasteiger partial charge in [-0.1, -0.05) is 17.3 Å². The van der Waals surface area contributed by atoms with E-state index in [0.29, 0.717) is 17.3 Å². The minimum atomic E-state index is -4.33. The molecule has 20 heavy (non-hydrogen) atoms. The standard InChI is InChI=1S/C13H14F3N3O/c1-12(2,17)11-18-10(20-19-11)7-8-3-5-9(6-4-8)13(14,15)16/h3-6H,7,17H2,1-2H3. The molecule has 2 aromatic rings. The zero-order valence-corrected chi connectivity index (χ0v) is 11.0. The van der Waals surface area contributed by atoms with Crippen LogP contribution in [0.25, 0.3) is 0 Å². The predicted octanol–water partition coefficient (Wildman–Crippen LogP) is 2.87. The van der Waals surface area contributed by atoms with Crippen LogP contribution in [0.3, 0.4) is 0 Å². The van der Waals surface area contributed by atoms with Gasteiger partial charge in [-0.15, -0.1) is 0 Å². The molecule has 0 aliphatic rings. The van der Waals surface area contributed by atoms with Gasteiger partial charge < -0.3 is 10.3 Å². The van der Waals surface area contributed by atoms with Gasteiger partial charge in [-0.25, -0.2) is 0 Å². The zero-order valence-electron chi connectivity index (χ0n) is 11.0. The lowest BCUT2D eigenvalue weighted by Gasteiger charge is -2.11. The first kappa shape index (κ1) is 14.5. The van der Waals surface area contributed by atoms with Gasteiger partial charge in [0.25, 0.3) is 0 Å². The van der Waals surface area contributed by atoms with Gasteiger partial charge in [0.2, 0.25) is 5.89 Å². The van der Waals surface area contributed by atoms with Crippen molar-refractivity contribution >= 4 is 0 Å². The summed E-state index contributed by atoms with van der Waals surface area (Å²) >= 11 is 0. The number of alkyl halides is 3. The van der Waals surface area contributed by atoms with E-state index in [9.17, 15) is 13.2 Å². The zero-order chi connectivity index (χ0) is 15.0. The van der Waals surface area contributed by atoms with Crippen molar-refractivity contribution in [3.05, 3.63) is 47.1 Å². The maximum absolute atomic E-state index is 12.4. The summed E-state index contributed by atoms with van der Waals surface area (Å²) in [6.07, 6.45) is -4.07. The molecule has 4 nitrogen and oxygen atoms in total. The number of nitrogens with zero attached hydrogens (tertiary/aromatic N) is 2. The van der Waals surface area contributed by atoms with E-state index in [1.54, 1.807) is 13.8 Å². The van der Waals surface area contributed by atoms with Gasteiger partial charge in [-0.2, -0.15) is 18.2 Å². The van der Waals surface area contributed by atoms with Crippen molar-refractivity contribution in [1.82, 2.24) is 10.1 Å². The molecule has 0 spiro atoms. The largest absolute Gasteiger partial charge is 0.416 e. The Bertz CT molecular complexity index is 582. The monoisotopic (exact) mass is 285 g/mol. The smallest absolute Gasteiger partial charge is 0.339 e. The molecule has 2 rings (SSSR count). The Kier molecular flexibility index (Phi) is 3.56.